The standard InChI is InChI=1S/C31H30F3N7O3/c32-31(33,34)28-25(17-37-38-29(28)42)41-18-22-3-1-2-4-24(22)26(41)19-44-23-8-6-21(7-9-23)30(43)40-13-11-39(12-14-40)27-10-5-20(15-35)16-36-27/h1-10,16,25-26,28,37H,11-14,17-19H2,(H,38,42)/t25?,26-,28?/m0/s1. The molecule has 3 aliphatic rings. The van der Waals surface area contributed by atoms with Crippen molar-refractivity contribution in [3.63, 3.8) is 0 Å². The smallest absolute Gasteiger partial charge is 0.402 e. The van der Waals surface area contributed by atoms with Crippen molar-refractivity contribution in [1.29, 1.82) is 5.26 Å². The lowest BCUT2D eigenvalue weighted by Gasteiger charge is -2.40. The number of hydrogen-bond donors (Lipinski definition) is 2. The maximum absolute atomic E-state index is 14.0. The second-order valence-corrected chi connectivity index (χ2v) is 11.0. The van der Waals surface area contributed by atoms with E-state index in [1.807, 2.05) is 24.3 Å². The number of nitrogens with zero attached hydrogens (tertiary/aromatic N) is 5. The van der Waals surface area contributed by atoms with Gasteiger partial charge < -0.3 is 14.5 Å². The first-order valence-corrected chi connectivity index (χ1v) is 14.3. The number of nitrogens with one attached hydrogen (secondary N) is 2. The number of hydrazine groups is 1. The van der Waals surface area contributed by atoms with Crippen molar-refractivity contribution < 1.29 is 27.5 Å². The van der Waals surface area contributed by atoms with Gasteiger partial charge in [0.1, 0.15) is 24.2 Å². The number of amides is 2. The zero-order valence-corrected chi connectivity index (χ0v) is 23.6. The van der Waals surface area contributed by atoms with Gasteiger partial charge in [0.2, 0.25) is 5.91 Å². The lowest BCUT2D eigenvalue weighted by atomic mass is 9.94. The Hall–Kier alpha value is -4.67. The summed E-state index contributed by atoms with van der Waals surface area (Å²) >= 11 is 0. The molecule has 3 atom stereocenters. The van der Waals surface area contributed by atoms with Gasteiger partial charge >= 0.3 is 6.18 Å². The van der Waals surface area contributed by atoms with Gasteiger partial charge in [-0.1, -0.05) is 24.3 Å². The predicted octanol–water partition coefficient (Wildman–Crippen LogP) is 3.03. The molecular weight excluding hydrogens is 575 g/mol. The van der Waals surface area contributed by atoms with Crippen LogP contribution in [0.4, 0.5) is 19.0 Å². The number of piperazine rings is 1. The quantitative estimate of drug-likeness (QED) is 0.441. The minimum absolute atomic E-state index is 0.0601. The maximum Gasteiger partial charge on any atom is 0.402 e. The molecule has 0 spiro atoms. The van der Waals surface area contributed by atoms with E-state index in [1.165, 1.54) is 6.20 Å². The van der Waals surface area contributed by atoms with Gasteiger partial charge in [-0.3, -0.25) is 19.9 Å². The van der Waals surface area contributed by atoms with E-state index in [1.54, 1.807) is 46.2 Å². The Labute approximate surface area is 252 Å². The summed E-state index contributed by atoms with van der Waals surface area (Å²) in [6, 6.07) is 18.1. The van der Waals surface area contributed by atoms with E-state index in [0.29, 0.717) is 43.1 Å². The fourth-order valence-electron chi connectivity index (χ4n) is 6.14. The van der Waals surface area contributed by atoms with Crippen LogP contribution < -0.4 is 20.5 Å². The van der Waals surface area contributed by atoms with Gasteiger partial charge in [0, 0.05) is 57.1 Å². The Morgan fingerprint density at radius 2 is 1.80 bits per heavy atom. The van der Waals surface area contributed by atoms with E-state index in [9.17, 15) is 22.8 Å². The van der Waals surface area contributed by atoms with Gasteiger partial charge in [-0.05, 0) is 47.5 Å². The van der Waals surface area contributed by atoms with E-state index in [2.05, 4.69) is 26.8 Å². The number of halogens is 3. The molecule has 0 aliphatic carbocycles. The largest absolute Gasteiger partial charge is 0.492 e. The number of anilines is 1. The summed E-state index contributed by atoms with van der Waals surface area (Å²) in [5.74, 6) is -2.14. The molecule has 2 unspecified atom stereocenters. The van der Waals surface area contributed by atoms with Crippen LogP contribution in [0.15, 0.2) is 66.9 Å². The number of pyridine rings is 1. The van der Waals surface area contributed by atoms with Crippen LogP contribution in [0.3, 0.4) is 0 Å². The first-order chi connectivity index (χ1) is 21.2. The topological polar surface area (TPSA) is 114 Å². The molecule has 0 radical (unpaired) electrons. The van der Waals surface area contributed by atoms with Crippen LogP contribution in [0.5, 0.6) is 5.75 Å². The van der Waals surface area contributed by atoms with Gasteiger partial charge in [-0.25, -0.2) is 10.4 Å². The monoisotopic (exact) mass is 605 g/mol. The molecule has 1 aromatic heterocycles. The molecule has 0 saturated carbocycles. The zero-order chi connectivity index (χ0) is 30.8. The van der Waals surface area contributed by atoms with Crippen molar-refractivity contribution in [1.82, 2.24) is 25.6 Å². The number of nitriles is 1. The molecule has 3 aliphatic heterocycles. The number of alkyl halides is 3. The molecule has 3 aromatic rings. The second-order valence-electron chi connectivity index (χ2n) is 11.0. The van der Waals surface area contributed by atoms with Crippen LogP contribution in [0.25, 0.3) is 0 Å². The second kappa shape index (κ2) is 12.1. The highest BCUT2D eigenvalue weighted by Gasteiger charge is 2.55. The third-order valence-corrected chi connectivity index (χ3v) is 8.41. The lowest BCUT2D eigenvalue weighted by Crippen LogP contribution is -2.64. The van der Waals surface area contributed by atoms with Crippen molar-refractivity contribution in [3.05, 3.63) is 89.1 Å². The Balaban J connectivity index is 1.10. The molecule has 44 heavy (non-hydrogen) atoms. The summed E-state index contributed by atoms with van der Waals surface area (Å²) in [4.78, 5) is 35.3. The Kier molecular flexibility index (Phi) is 8.11. The summed E-state index contributed by atoms with van der Waals surface area (Å²) in [7, 11) is 0. The first-order valence-electron chi connectivity index (χ1n) is 14.3. The van der Waals surface area contributed by atoms with Crippen molar-refractivity contribution in [2.45, 2.75) is 24.8 Å². The third kappa shape index (κ3) is 5.91. The molecule has 10 nitrogen and oxygen atoms in total. The number of fused-ring (bicyclic) bond motifs is 1. The van der Waals surface area contributed by atoms with Crippen LogP contribution >= 0.6 is 0 Å². The summed E-state index contributed by atoms with van der Waals surface area (Å²) in [6.45, 7) is 2.52. The van der Waals surface area contributed by atoms with Crippen molar-refractivity contribution in [3.8, 4) is 11.8 Å². The molecule has 2 amide bonds. The number of carbonyl (C=O) groups is 2. The molecular formula is C31H30F3N7O3. The normalized spacial score (nSPS) is 22.2. The molecule has 6 rings (SSSR count). The van der Waals surface area contributed by atoms with Crippen LogP contribution in [0.2, 0.25) is 0 Å². The van der Waals surface area contributed by atoms with Crippen LogP contribution in [0, 0.1) is 17.2 Å². The highest BCUT2D eigenvalue weighted by atomic mass is 19.4. The molecule has 228 valence electrons. The van der Waals surface area contributed by atoms with E-state index < -0.39 is 30.1 Å². The number of rotatable bonds is 6. The van der Waals surface area contributed by atoms with Crippen molar-refractivity contribution >= 4 is 17.6 Å². The Bertz CT molecular complexity index is 1550. The van der Waals surface area contributed by atoms with Crippen molar-refractivity contribution in [2.75, 3.05) is 44.2 Å². The maximum atomic E-state index is 14.0. The van der Waals surface area contributed by atoms with Gasteiger partial charge in [0.15, 0.2) is 5.92 Å². The van der Waals surface area contributed by atoms with E-state index in [0.717, 1.165) is 16.9 Å². The van der Waals surface area contributed by atoms with Gasteiger partial charge in [0.05, 0.1) is 11.6 Å². The van der Waals surface area contributed by atoms with Crippen LogP contribution in [0.1, 0.15) is 33.1 Å². The lowest BCUT2D eigenvalue weighted by molar-refractivity contribution is -0.202. The highest BCUT2D eigenvalue weighted by molar-refractivity contribution is 5.94. The van der Waals surface area contributed by atoms with Gasteiger partial charge in [0.25, 0.3) is 5.91 Å². The Morgan fingerprint density at radius 1 is 1.05 bits per heavy atom. The fraction of sp³-hybridized carbons (Fsp3) is 0.355. The Morgan fingerprint density at radius 3 is 2.48 bits per heavy atom. The van der Waals surface area contributed by atoms with E-state index >= 15 is 0 Å². The highest BCUT2D eigenvalue weighted by Crippen LogP contribution is 2.41. The molecule has 13 heteroatoms. The first kappa shape index (κ1) is 29.4. The molecule has 4 heterocycles. The summed E-state index contributed by atoms with van der Waals surface area (Å²) in [6.07, 6.45) is -3.17. The zero-order valence-electron chi connectivity index (χ0n) is 23.6. The van der Waals surface area contributed by atoms with Gasteiger partial charge in [-0.2, -0.15) is 18.4 Å². The molecule has 2 aromatic carbocycles. The van der Waals surface area contributed by atoms with Crippen molar-refractivity contribution in [2.24, 2.45) is 5.92 Å². The van der Waals surface area contributed by atoms with Gasteiger partial charge in [-0.15, -0.1) is 0 Å². The molecule has 0 bridgehead atoms. The fourth-order valence-corrected chi connectivity index (χ4v) is 6.14. The number of aromatic nitrogens is 1. The average Bonchev–Trinajstić information content (AvgIpc) is 3.41. The number of benzene rings is 2. The molecule has 2 fully saturated rings. The summed E-state index contributed by atoms with van der Waals surface area (Å²) in [5, 5.41) is 8.97. The van der Waals surface area contributed by atoms with Crippen LogP contribution in [-0.2, 0) is 11.3 Å². The van der Waals surface area contributed by atoms with Crippen LogP contribution in [-0.4, -0.2) is 78.1 Å². The number of ether oxygens (including phenoxy) is 1. The number of carbonyl (C=O) groups excluding carboxylic acids is 2. The molecule has 2 N–H and O–H groups in total. The van der Waals surface area contributed by atoms with E-state index in [4.69, 9.17) is 10.00 Å². The minimum atomic E-state index is -4.70. The summed E-state index contributed by atoms with van der Waals surface area (Å²) < 4.78 is 48.0. The third-order valence-electron chi connectivity index (χ3n) is 8.41. The minimum Gasteiger partial charge on any atom is -0.492 e. The summed E-state index contributed by atoms with van der Waals surface area (Å²) in [5.41, 5.74) is 7.48. The molecule has 2 saturated heterocycles. The predicted molar refractivity (Wildman–Crippen MR) is 153 cm³/mol. The SMILES string of the molecule is N#Cc1ccc(N2CCN(C(=O)c3ccc(OC[C@H]4c5ccccc5CN4C4CNNC(=O)C4C(F)(F)F)cc3)CC2)nc1. The average molecular weight is 606 g/mol. The van der Waals surface area contributed by atoms with E-state index in [-0.39, 0.29) is 25.6 Å². The number of hydrogen-bond acceptors (Lipinski definition) is 8.